The van der Waals surface area contributed by atoms with Crippen LogP contribution < -0.4 is 16.0 Å². The summed E-state index contributed by atoms with van der Waals surface area (Å²) in [4.78, 5) is 13.6. The van der Waals surface area contributed by atoms with E-state index in [1.807, 2.05) is 12.1 Å². The monoisotopic (exact) mass is 309 g/mol. The molecule has 5 heteroatoms. The number of carbonyl (C=O) groups excluding carboxylic acids is 1. The summed E-state index contributed by atoms with van der Waals surface area (Å²) < 4.78 is 0. The van der Waals surface area contributed by atoms with E-state index in [1.165, 1.54) is 12.8 Å². The summed E-state index contributed by atoms with van der Waals surface area (Å²) in [5.41, 5.74) is 6.73. The number of hydrogen-bond donors (Lipinski definition) is 2. The van der Waals surface area contributed by atoms with Gasteiger partial charge in [0.05, 0.1) is 10.6 Å². The Labute approximate surface area is 131 Å². The maximum absolute atomic E-state index is 11.3. The Kier molecular flexibility index (Phi) is 5.48. The minimum atomic E-state index is -0.487. The molecule has 1 heterocycles. The number of rotatable bonds is 6. The van der Waals surface area contributed by atoms with E-state index in [-0.39, 0.29) is 0 Å². The van der Waals surface area contributed by atoms with Crippen molar-refractivity contribution in [1.29, 1.82) is 0 Å². The Morgan fingerprint density at radius 3 is 2.81 bits per heavy atom. The van der Waals surface area contributed by atoms with Gasteiger partial charge in [-0.25, -0.2) is 0 Å². The largest absolute Gasteiger partial charge is 0.370 e. The lowest BCUT2D eigenvalue weighted by molar-refractivity contribution is 0.100. The summed E-state index contributed by atoms with van der Waals surface area (Å²) in [6, 6.07) is 6.02. The Balaban J connectivity index is 2.18. The van der Waals surface area contributed by atoms with Gasteiger partial charge in [-0.3, -0.25) is 4.79 Å². The molecule has 1 aliphatic rings. The van der Waals surface area contributed by atoms with Crippen molar-refractivity contribution in [3.05, 3.63) is 28.8 Å². The lowest BCUT2D eigenvalue weighted by atomic mass is 10.1. The summed E-state index contributed by atoms with van der Waals surface area (Å²) in [5.74, 6) is 0.0698. The Morgan fingerprint density at radius 1 is 1.52 bits per heavy atom. The van der Waals surface area contributed by atoms with E-state index in [9.17, 15) is 4.79 Å². The van der Waals surface area contributed by atoms with Crippen LogP contribution in [0.1, 0.15) is 37.0 Å². The second kappa shape index (κ2) is 7.14. The highest BCUT2D eigenvalue weighted by molar-refractivity contribution is 6.34. The number of anilines is 1. The quantitative estimate of drug-likeness (QED) is 0.849. The molecule has 1 amide bonds. The zero-order chi connectivity index (χ0) is 15.4. The molecule has 0 aromatic heterocycles. The van der Waals surface area contributed by atoms with E-state index in [2.05, 4.69) is 24.1 Å². The molecular weight excluding hydrogens is 286 g/mol. The van der Waals surface area contributed by atoms with Crippen LogP contribution in [0.25, 0.3) is 0 Å². The van der Waals surface area contributed by atoms with Crippen molar-refractivity contribution in [3.8, 4) is 0 Å². The second-order valence-corrected chi connectivity index (χ2v) is 6.53. The average Bonchev–Trinajstić information content (AvgIpc) is 2.89. The summed E-state index contributed by atoms with van der Waals surface area (Å²) in [6.45, 7) is 7.43. The highest BCUT2D eigenvalue weighted by atomic mass is 35.5. The molecule has 2 rings (SSSR count). The number of amides is 1. The number of benzene rings is 1. The van der Waals surface area contributed by atoms with Gasteiger partial charge < -0.3 is 16.0 Å². The Hall–Kier alpha value is -1.26. The van der Waals surface area contributed by atoms with Crippen LogP contribution in [-0.4, -0.2) is 31.6 Å². The van der Waals surface area contributed by atoms with Crippen LogP contribution in [-0.2, 0) is 0 Å². The fourth-order valence-corrected chi connectivity index (χ4v) is 3.07. The number of nitrogens with one attached hydrogen (secondary N) is 1. The first-order valence-corrected chi connectivity index (χ1v) is 7.93. The predicted octanol–water partition coefficient (Wildman–Crippen LogP) is 2.65. The molecule has 21 heavy (non-hydrogen) atoms. The van der Waals surface area contributed by atoms with Gasteiger partial charge in [-0.15, -0.1) is 0 Å². The Morgan fingerprint density at radius 2 is 2.29 bits per heavy atom. The van der Waals surface area contributed by atoms with Gasteiger partial charge in [0.25, 0.3) is 0 Å². The molecule has 0 saturated carbocycles. The van der Waals surface area contributed by atoms with Crippen molar-refractivity contribution in [1.82, 2.24) is 5.32 Å². The van der Waals surface area contributed by atoms with Gasteiger partial charge in [0.1, 0.15) is 0 Å². The van der Waals surface area contributed by atoms with Crippen molar-refractivity contribution < 1.29 is 4.79 Å². The third kappa shape index (κ3) is 4.35. The van der Waals surface area contributed by atoms with E-state index in [1.54, 1.807) is 6.07 Å². The number of halogens is 1. The lowest BCUT2D eigenvalue weighted by Gasteiger charge is -2.30. The van der Waals surface area contributed by atoms with Crippen molar-refractivity contribution >= 4 is 23.2 Å². The molecule has 1 atom stereocenters. The molecule has 1 aromatic rings. The zero-order valence-electron chi connectivity index (χ0n) is 12.7. The van der Waals surface area contributed by atoms with E-state index in [4.69, 9.17) is 17.3 Å². The third-order valence-electron chi connectivity index (χ3n) is 3.77. The SMILES string of the molecule is CC(C)CN(CC1CCCN1)c1ccc(C(N)=O)c(Cl)c1. The van der Waals surface area contributed by atoms with Gasteiger partial charge in [-0.1, -0.05) is 25.4 Å². The van der Waals surface area contributed by atoms with Crippen LogP contribution >= 0.6 is 11.6 Å². The minimum Gasteiger partial charge on any atom is -0.370 e. The molecule has 0 bridgehead atoms. The molecule has 0 radical (unpaired) electrons. The van der Waals surface area contributed by atoms with Gasteiger partial charge in [0, 0.05) is 24.8 Å². The second-order valence-electron chi connectivity index (χ2n) is 6.12. The maximum atomic E-state index is 11.3. The summed E-state index contributed by atoms with van der Waals surface area (Å²) in [6.07, 6.45) is 2.45. The topological polar surface area (TPSA) is 58.4 Å². The molecule has 3 N–H and O–H groups in total. The smallest absolute Gasteiger partial charge is 0.250 e. The first kappa shape index (κ1) is 16.1. The molecule has 1 unspecified atom stereocenters. The van der Waals surface area contributed by atoms with Crippen molar-refractivity contribution in [3.63, 3.8) is 0 Å². The molecule has 1 fully saturated rings. The number of nitrogens with two attached hydrogens (primary N) is 1. The molecule has 0 spiro atoms. The molecule has 1 aliphatic heterocycles. The lowest BCUT2D eigenvalue weighted by Crippen LogP contribution is -2.39. The van der Waals surface area contributed by atoms with Crippen LogP contribution in [0.5, 0.6) is 0 Å². The molecule has 0 aliphatic carbocycles. The number of nitrogens with zero attached hydrogens (tertiary/aromatic N) is 1. The zero-order valence-corrected chi connectivity index (χ0v) is 13.5. The first-order valence-electron chi connectivity index (χ1n) is 7.55. The van der Waals surface area contributed by atoms with E-state index in [0.717, 1.165) is 25.3 Å². The highest BCUT2D eigenvalue weighted by Gasteiger charge is 2.20. The van der Waals surface area contributed by atoms with Crippen LogP contribution in [0.4, 0.5) is 5.69 Å². The molecule has 116 valence electrons. The minimum absolute atomic E-state index is 0.379. The molecular formula is C16H24ClN3O. The third-order valence-corrected chi connectivity index (χ3v) is 4.08. The molecule has 1 aromatic carbocycles. The van der Waals surface area contributed by atoms with Crippen molar-refractivity contribution in [2.24, 2.45) is 11.7 Å². The number of carbonyl (C=O) groups is 1. The van der Waals surface area contributed by atoms with E-state index in [0.29, 0.717) is 22.5 Å². The normalized spacial score (nSPS) is 18.2. The first-order chi connectivity index (χ1) is 9.97. The van der Waals surface area contributed by atoms with Gasteiger partial charge in [-0.05, 0) is 43.5 Å². The standard InChI is InChI=1S/C16H24ClN3O/c1-11(2)9-20(10-12-4-3-7-19-12)13-5-6-14(16(18)21)15(17)8-13/h5-6,8,11-12,19H,3-4,7,9-10H2,1-2H3,(H2,18,21). The Bertz CT molecular complexity index is 498. The summed E-state index contributed by atoms with van der Waals surface area (Å²) >= 11 is 6.18. The average molecular weight is 310 g/mol. The van der Waals surface area contributed by atoms with Gasteiger partial charge >= 0.3 is 0 Å². The van der Waals surface area contributed by atoms with Gasteiger partial charge in [-0.2, -0.15) is 0 Å². The highest BCUT2D eigenvalue weighted by Crippen LogP contribution is 2.25. The van der Waals surface area contributed by atoms with Crippen LogP contribution in [0.2, 0.25) is 5.02 Å². The fraction of sp³-hybridized carbons (Fsp3) is 0.562. The van der Waals surface area contributed by atoms with Crippen LogP contribution in [0.15, 0.2) is 18.2 Å². The summed E-state index contributed by atoms with van der Waals surface area (Å²) in [5, 5.41) is 3.95. The predicted molar refractivity (Wildman–Crippen MR) is 88.0 cm³/mol. The van der Waals surface area contributed by atoms with Crippen molar-refractivity contribution in [2.75, 3.05) is 24.5 Å². The maximum Gasteiger partial charge on any atom is 0.250 e. The van der Waals surface area contributed by atoms with E-state index >= 15 is 0 Å². The van der Waals surface area contributed by atoms with Crippen LogP contribution in [0.3, 0.4) is 0 Å². The van der Waals surface area contributed by atoms with Crippen LogP contribution in [0, 0.1) is 5.92 Å². The van der Waals surface area contributed by atoms with Gasteiger partial charge in [0.2, 0.25) is 5.91 Å². The molecule has 4 nitrogen and oxygen atoms in total. The summed E-state index contributed by atoms with van der Waals surface area (Å²) in [7, 11) is 0. The molecule has 1 saturated heterocycles. The number of hydrogen-bond acceptors (Lipinski definition) is 3. The van der Waals surface area contributed by atoms with E-state index < -0.39 is 5.91 Å². The fourth-order valence-electron chi connectivity index (χ4n) is 2.81. The van der Waals surface area contributed by atoms with Gasteiger partial charge in [0.15, 0.2) is 0 Å². The van der Waals surface area contributed by atoms with Crippen molar-refractivity contribution in [2.45, 2.75) is 32.7 Å². The number of primary amides is 1.